The lowest BCUT2D eigenvalue weighted by Gasteiger charge is -2.22. The van der Waals surface area contributed by atoms with E-state index in [9.17, 15) is 0 Å². The molecule has 18 heavy (non-hydrogen) atoms. The first-order chi connectivity index (χ1) is 8.93. The molecule has 2 saturated heterocycles. The van der Waals surface area contributed by atoms with E-state index in [0.29, 0.717) is 6.04 Å². The largest absolute Gasteiger partial charge is 0.444 e. The summed E-state index contributed by atoms with van der Waals surface area (Å²) in [6, 6.07) is 4.78. The molecular formula is C15H24N2O. The quantitative estimate of drug-likeness (QED) is 0.868. The topological polar surface area (TPSA) is 28.4 Å². The second-order valence-corrected chi connectivity index (χ2v) is 5.58. The minimum Gasteiger partial charge on any atom is -0.444 e. The van der Waals surface area contributed by atoms with Gasteiger partial charge in [0.15, 0.2) is 5.88 Å². The lowest BCUT2D eigenvalue weighted by atomic mass is 10.0. The third-order valence-corrected chi connectivity index (χ3v) is 4.18. The van der Waals surface area contributed by atoms with Crippen LogP contribution in [0.3, 0.4) is 0 Å². The van der Waals surface area contributed by atoms with Crippen LogP contribution in [-0.4, -0.2) is 19.6 Å². The molecule has 0 aromatic carbocycles. The predicted molar refractivity (Wildman–Crippen MR) is 74.0 cm³/mol. The van der Waals surface area contributed by atoms with E-state index >= 15 is 0 Å². The minimum absolute atomic E-state index is 0.444. The van der Waals surface area contributed by atoms with Gasteiger partial charge in [-0.25, -0.2) is 0 Å². The number of piperidine rings is 1. The highest BCUT2D eigenvalue weighted by Crippen LogP contribution is 2.29. The number of nitrogens with zero attached hydrogens (tertiary/aromatic N) is 1. The summed E-state index contributed by atoms with van der Waals surface area (Å²) >= 11 is 0. The smallest absolute Gasteiger partial charge is 0.195 e. The molecule has 0 radical (unpaired) electrons. The van der Waals surface area contributed by atoms with E-state index in [-0.39, 0.29) is 0 Å². The Morgan fingerprint density at radius 2 is 1.83 bits per heavy atom. The zero-order valence-electron chi connectivity index (χ0n) is 11.2. The Balaban J connectivity index is 1.67. The van der Waals surface area contributed by atoms with Crippen molar-refractivity contribution in [1.29, 1.82) is 0 Å². The molecule has 0 saturated carbocycles. The summed E-state index contributed by atoms with van der Waals surface area (Å²) in [4.78, 5) is 2.42. The summed E-state index contributed by atoms with van der Waals surface area (Å²) in [5.74, 6) is 2.22. The van der Waals surface area contributed by atoms with E-state index in [1.54, 1.807) is 0 Å². The van der Waals surface area contributed by atoms with E-state index < -0.39 is 0 Å². The molecule has 3 heterocycles. The van der Waals surface area contributed by atoms with Gasteiger partial charge in [0.1, 0.15) is 5.76 Å². The molecule has 1 atom stereocenters. The van der Waals surface area contributed by atoms with Crippen molar-refractivity contribution in [3.05, 3.63) is 17.9 Å². The molecular weight excluding hydrogens is 224 g/mol. The molecule has 0 amide bonds. The maximum Gasteiger partial charge on any atom is 0.195 e. The normalized spacial score (nSPS) is 26.0. The fraction of sp³-hybridized carbons (Fsp3) is 0.733. The molecule has 2 aliphatic rings. The molecule has 0 unspecified atom stereocenters. The fourth-order valence-electron chi connectivity index (χ4n) is 3.09. The first-order valence-electron chi connectivity index (χ1n) is 7.51. The average Bonchev–Trinajstić information content (AvgIpc) is 2.76. The molecule has 3 heteroatoms. The van der Waals surface area contributed by atoms with Gasteiger partial charge in [0.2, 0.25) is 0 Å². The SMILES string of the molecule is c1cc(N2CCCCCC2)oc1[C@H]1CCCCN1. The van der Waals surface area contributed by atoms with Crippen molar-refractivity contribution in [1.82, 2.24) is 5.32 Å². The van der Waals surface area contributed by atoms with Crippen LogP contribution in [0.15, 0.2) is 16.5 Å². The van der Waals surface area contributed by atoms with E-state index in [1.165, 1.54) is 44.9 Å². The highest BCUT2D eigenvalue weighted by molar-refractivity contribution is 5.37. The maximum absolute atomic E-state index is 6.08. The molecule has 0 aliphatic carbocycles. The molecule has 1 N–H and O–H groups in total. The van der Waals surface area contributed by atoms with Gasteiger partial charge in [0.25, 0.3) is 0 Å². The molecule has 0 spiro atoms. The van der Waals surface area contributed by atoms with E-state index in [4.69, 9.17) is 4.42 Å². The van der Waals surface area contributed by atoms with Crippen LogP contribution in [0.2, 0.25) is 0 Å². The van der Waals surface area contributed by atoms with Crippen molar-refractivity contribution in [3.63, 3.8) is 0 Å². The van der Waals surface area contributed by atoms with Crippen molar-refractivity contribution in [2.24, 2.45) is 0 Å². The molecule has 3 nitrogen and oxygen atoms in total. The number of hydrogen-bond acceptors (Lipinski definition) is 3. The van der Waals surface area contributed by atoms with E-state index in [0.717, 1.165) is 31.3 Å². The Morgan fingerprint density at radius 3 is 2.56 bits per heavy atom. The molecule has 1 aromatic rings. The van der Waals surface area contributed by atoms with Crippen LogP contribution in [0.4, 0.5) is 5.88 Å². The molecule has 2 fully saturated rings. The monoisotopic (exact) mass is 248 g/mol. The number of furan rings is 1. The maximum atomic E-state index is 6.08. The van der Waals surface area contributed by atoms with Crippen molar-refractivity contribution in [2.75, 3.05) is 24.5 Å². The number of rotatable bonds is 2. The minimum atomic E-state index is 0.444. The van der Waals surface area contributed by atoms with Gasteiger partial charge < -0.3 is 14.6 Å². The van der Waals surface area contributed by atoms with E-state index in [1.807, 2.05) is 0 Å². The first kappa shape index (κ1) is 12.1. The van der Waals surface area contributed by atoms with Gasteiger partial charge >= 0.3 is 0 Å². The summed E-state index contributed by atoms with van der Waals surface area (Å²) < 4.78 is 6.08. The lowest BCUT2D eigenvalue weighted by Crippen LogP contribution is -2.26. The zero-order valence-corrected chi connectivity index (χ0v) is 11.2. The average molecular weight is 248 g/mol. The highest BCUT2D eigenvalue weighted by Gasteiger charge is 2.20. The van der Waals surface area contributed by atoms with E-state index in [2.05, 4.69) is 22.3 Å². The van der Waals surface area contributed by atoms with Crippen LogP contribution in [0, 0.1) is 0 Å². The fourth-order valence-corrected chi connectivity index (χ4v) is 3.09. The standard InChI is InChI=1S/C15H24N2O/c1-2-6-12-17(11-5-1)15-9-8-14(18-15)13-7-3-4-10-16-13/h8-9,13,16H,1-7,10-12H2/t13-/m1/s1. The zero-order chi connectivity index (χ0) is 12.2. The predicted octanol–water partition coefficient (Wildman–Crippen LogP) is 3.47. The molecule has 0 bridgehead atoms. The molecule has 1 aromatic heterocycles. The van der Waals surface area contributed by atoms with Crippen molar-refractivity contribution < 1.29 is 4.42 Å². The van der Waals surface area contributed by atoms with Crippen LogP contribution in [0.5, 0.6) is 0 Å². The van der Waals surface area contributed by atoms with Crippen LogP contribution < -0.4 is 10.2 Å². The molecule has 100 valence electrons. The summed E-state index contributed by atoms with van der Waals surface area (Å²) in [7, 11) is 0. The summed E-state index contributed by atoms with van der Waals surface area (Å²) in [6.45, 7) is 3.44. The Bertz CT molecular complexity index is 360. The number of anilines is 1. The highest BCUT2D eigenvalue weighted by atomic mass is 16.4. The Morgan fingerprint density at radius 1 is 1.00 bits per heavy atom. The number of nitrogens with one attached hydrogen (secondary N) is 1. The summed E-state index contributed by atoms with van der Waals surface area (Å²) in [6.07, 6.45) is 9.18. The van der Waals surface area contributed by atoms with Gasteiger partial charge in [-0.05, 0) is 38.3 Å². The van der Waals surface area contributed by atoms with Crippen LogP contribution in [0.1, 0.15) is 56.7 Å². The van der Waals surface area contributed by atoms with Gasteiger partial charge in [0.05, 0.1) is 6.04 Å². The van der Waals surface area contributed by atoms with Gasteiger partial charge in [-0.15, -0.1) is 0 Å². The van der Waals surface area contributed by atoms with Crippen LogP contribution in [-0.2, 0) is 0 Å². The first-order valence-corrected chi connectivity index (χ1v) is 7.51. The Hall–Kier alpha value is -0.960. The summed E-state index contributed by atoms with van der Waals surface area (Å²) in [5.41, 5.74) is 0. The Labute approximate surface area is 110 Å². The third kappa shape index (κ3) is 2.72. The van der Waals surface area contributed by atoms with Gasteiger partial charge in [0, 0.05) is 19.2 Å². The van der Waals surface area contributed by atoms with Gasteiger partial charge in [-0.3, -0.25) is 0 Å². The summed E-state index contributed by atoms with van der Waals surface area (Å²) in [5, 5.41) is 3.55. The van der Waals surface area contributed by atoms with Gasteiger partial charge in [-0.2, -0.15) is 0 Å². The van der Waals surface area contributed by atoms with Crippen molar-refractivity contribution in [2.45, 2.75) is 51.0 Å². The van der Waals surface area contributed by atoms with Gasteiger partial charge in [-0.1, -0.05) is 19.3 Å². The van der Waals surface area contributed by atoms with Crippen molar-refractivity contribution >= 4 is 5.88 Å². The second-order valence-electron chi connectivity index (χ2n) is 5.58. The lowest BCUT2D eigenvalue weighted by molar-refractivity contribution is 0.349. The number of hydrogen-bond donors (Lipinski definition) is 1. The molecule has 3 rings (SSSR count). The molecule has 2 aliphatic heterocycles. The second kappa shape index (κ2) is 5.79. The van der Waals surface area contributed by atoms with Crippen LogP contribution >= 0.6 is 0 Å². The third-order valence-electron chi connectivity index (χ3n) is 4.18. The van der Waals surface area contributed by atoms with Crippen molar-refractivity contribution in [3.8, 4) is 0 Å². The van der Waals surface area contributed by atoms with Crippen LogP contribution in [0.25, 0.3) is 0 Å². The Kier molecular flexibility index (Phi) is 3.89.